The first-order valence-electron chi connectivity index (χ1n) is 5.76. The molecule has 8 nitrogen and oxygen atoms in total. The molecule has 0 saturated heterocycles. The molecule has 0 saturated carbocycles. The molecule has 0 unspecified atom stereocenters. The van der Waals surface area contributed by atoms with Gasteiger partial charge in [0.25, 0.3) is 0 Å². The van der Waals surface area contributed by atoms with Gasteiger partial charge in [-0.1, -0.05) is 11.1 Å². The van der Waals surface area contributed by atoms with Crippen LogP contribution in [0, 0.1) is 10.1 Å². The zero-order chi connectivity index (χ0) is 16.3. The number of halogens is 3. The Morgan fingerprint density at radius 1 is 1.41 bits per heavy atom. The number of amides is 1. The van der Waals surface area contributed by atoms with E-state index in [0.29, 0.717) is 0 Å². The number of hydrogen-bond donors (Lipinski definition) is 1. The largest absolute Gasteiger partial charge is 0.490 e. The summed E-state index contributed by atoms with van der Waals surface area (Å²) in [5.41, 5.74) is -0.948. The summed E-state index contributed by atoms with van der Waals surface area (Å²) in [6, 6.07) is 4.09. The van der Waals surface area contributed by atoms with E-state index >= 15 is 0 Å². The minimum absolute atomic E-state index is 0.0468. The van der Waals surface area contributed by atoms with Gasteiger partial charge in [0.05, 0.1) is 5.56 Å². The molecule has 2 rings (SSSR count). The maximum Gasteiger partial charge on any atom is 0.490 e. The number of alkyl halides is 3. The Labute approximate surface area is 120 Å². The van der Waals surface area contributed by atoms with E-state index in [0.717, 1.165) is 29.2 Å². The fourth-order valence-electron chi connectivity index (χ4n) is 1.57. The fourth-order valence-corrected chi connectivity index (χ4v) is 1.57. The maximum absolute atomic E-state index is 12.5. The first-order chi connectivity index (χ1) is 10.3. The number of nitro groups is 1. The van der Waals surface area contributed by atoms with E-state index in [9.17, 15) is 28.1 Å². The molecule has 1 aromatic carbocycles. The van der Waals surface area contributed by atoms with Crippen LogP contribution in [0.4, 0.5) is 24.8 Å². The van der Waals surface area contributed by atoms with Crippen LogP contribution in [0.15, 0.2) is 30.6 Å². The average Bonchev–Trinajstić information content (AvgIpc) is 2.86. The summed E-state index contributed by atoms with van der Waals surface area (Å²) in [6.45, 7) is -0.420. The van der Waals surface area contributed by atoms with E-state index in [2.05, 4.69) is 15.4 Å². The standard InChI is InChI=1S/C11H8F3N5O3/c12-11(13,14)7-2-1-3-8(4-7)16-9(20)5-18-6-15-10(17-18)19(21)22/h1-4,6H,5H2,(H,16,20). The van der Waals surface area contributed by atoms with Crippen LogP contribution >= 0.6 is 0 Å². The second-order valence-electron chi connectivity index (χ2n) is 4.13. The van der Waals surface area contributed by atoms with Crippen molar-refractivity contribution in [2.45, 2.75) is 12.7 Å². The van der Waals surface area contributed by atoms with Crippen molar-refractivity contribution in [3.8, 4) is 0 Å². The summed E-state index contributed by atoms with van der Waals surface area (Å²) in [5.74, 6) is -1.37. The first-order valence-corrected chi connectivity index (χ1v) is 5.76. The molecule has 0 spiro atoms. The van der Waals surface area contributed by atoms with Crippen molar-refractivity contribution in [3.63, 3.8) is 0 Å². The summed E-state index contributed by atoms with van der Waals surface area (Å²) in [5, 5.41) is 16.0. The lowest BCUT2D eigenvalue weighted by Crippen LogP contribution is -2.19. The predicted octanol–water partition coefficient (Wildman–Crippen LogP) is 1.84. The minimum Gasteiger partial charge on any atom is -0.390 e. The van der Waals surface area contributed by atoms with Gasteiger partial charge in [-0.25, -0.2) is 0 Å². The lowest BCUT2D eigenvalue weighted by molar-refractivity contribution is -0.394. The van der Waals surface area contributed by atoms with Crippen molar-refractivity contribution in [1.29, 1.82) is 0 Å². The Balaban J connectivity index is 2.04. The zero-order valence-corrected chi connectivity index (χ0v) is 10.7. The van der Waals surface area contributed by atoms with Gasteiger partial charge in [-0.15, -0.1) is 0 Å². The molecule has 1 heterocycles. The molecule has 0 atom stereocenters. The predicted molar refractivity (Wildman–Crippen MR) is 66.8 cm³/mol. The second-order valence-corrected chi connectivity index (χ2v) is 4.13. The van der Waals surface area contributed by atoms with Gasteiger partial charge < -0.3 is 15.4 Å². The van der Waals surface area contributed by atoms with Gasteiger partial charge in [0.1, 0.15) is 6.54 Å². The Morgan fingerprint density at radius 3 is 2.73 bits per heavy atom. The maximum atomic E-state index is 12.5. The molecule has 1 aromatic heterocycles. The molecule has 0 aliphatic heterocycles. The summed E-state index contributed by atoms with van der Waals surface area (Å²) in [7, 11) is 0. The Morgan fingerprint density at radius 2 is 2.14 bits per heavy atom. The van der Waals surface area contributed by atoms with Crippen molar-refractivity contribution in [2.75, 3.05) is 5.32 Å². The van der Waals surface area contributed by atoms with E-state index in [1.807, 2.05) is 0 Å². The van der Waals surface area contributed by atoms with Crippen LogP contribution in [0.1, 0.15) is 5.56 Å². The van der Waals surface area contributed by atoms with Crippen LogP contribution in [0.5, 0.6) is 0 Å². The monoisotopic (exact) mass is 315 g/mol. The molecule has 0 aliphatic rings. The second kappa shape index (κ2) is 5.79. The fraction of sp³-hybridized carbons (Fsp3) is 0.182. The molecule has 2 aromatic rings. The highest BCUT2D eigenvalue weighted by molar-refractivity contribution is 5.90. The molecule has 0 radical (unpaired) electrons. The molecule has 0 aliphatic carbocycles. The number of benzene rings is 1. The summed E-state index contributed by atoms with van der Waals surface area (Å²) >= 11 is 0. The average molecular weight is 315 g/mol. The number of aromatic nitrogens is 3. The zero-order valence-electron chi connectivity index (χ0n) is 10.7. The quantitative estimate of drug-likeness (QED) is 0.685. The molecule has 0 fully saturated rings. The summed E-state index contributed by atoms with van der Waals surface area (Å²) in [6.07, 6.45) is -3.54. The molecule has 1 amide bonds. The topological polar surface area (TPSA) is 103 Å². The van der Waals surface area contributed by atoms with Crippen molar-refractivity contribution in [3.05, 3.63) is 46.3 Å². The van der Waals surface area contributed by atoms with Crippen molar-refractivity contribution in [1.82, 2.24) is 14.8 Å². The third kappa shape index (κ3) is 3.77. The number of carbonyl (C=O) groups is 1. The number of carbonyl (C=O) groups excluding carboxylic acids is 1. The molecular weight excluding hydrogens is 307 g/mol. The third-order valence-corrected chi connectivity index (χ3v) is 2.47. The molecule has 22 heavy (non-hydrogen) atoms. The van der Waals surface area contributed by atoms with Gasteiger partial charge in [-0.05, 0) is 23.1 Å². The van der Waals surface area contributed by atoms with Crippen LogP contribution in [0.3, 0.4) is 0 Å². The van der Waals surface area contributed by atoms with Gasteiger partial charge >= 0.3 is 12.1 Å². The van der Waals surface area contributed by atoms with E-state index < -0.39 is 35.1 Å². The van der Waals surface area contributed by atoms with E-state index in [1.54, 1.807) is 0 Å². The van der Waals surface area contributed by atoms with Crippen molar-refractivity contribution >= 4 is 17.5 Å². The van der Waals surface area contributed by atoms with E-state index in [-0.39, 0.29) is 5.69 Å². The van der Waals surface area contributed by atoms with Gasteiger partial charge in [0.2, 0.25) is 12.2 Å². The molecule has 11 heteroatoms. The minimum atomic E-state index is -4.52. The Hall–Kier alpha value is -2.98. The van der Waals surface area contributed by atoms with Crippen molar-refractivity contribution in [2.24, 2.45) is 0 Å². The lowest BCUT2D eigenvalue weighted by atomic mass is 10.2. The van der Waals surface area contributed by atoms with Crippen LogP contribution in [-0.2, 0) is 17.5 Å². The normalized spacial score (nSPS) is 11.2. The molecule has 116 valence electrons. The van der Waals surface area contributed by atoms with Gasteiger partial charge in [-0.2, -0.15) is 17.9 Å². The smallest absolute Gasteiger partial charge is 0.390 e. The number of nitrogens with one attached hydrogen (secondary N) is 1. The van der Waals surface area contributed by atoms with Crippen LogP contribution in [0.25, 0.3) is 0 Å². The number of hydrogen-bond acceptors (Lipinski definition) is 5. The van der Waals surface area contributed by atoms with E-state index in [1.165, 1.54) is 6.07 Å². The number of nitrogens with zero attached hydrogens (tertiary/aromatic N) is 4. The van der Waals surface area contributed by atoms with Crippen LogP contribution in [-0.4, -0.2) is 25.6 Å². The van der Waals surface area contributed by atoms with Gasteiger partial charge in [0.15, 0.2) is 0 Å². The lowest BCUT2D eigenvalue weighted by Gasteiger charge is -2.09. The van der Waals surface area contributed by atoms with Crippen molar-refractivity contribution < 1.29 is 22.9 Å². The molecule has 0 bridgehead atoms. The number of anilines is 1. The molecule has 1 N–H and O–H groups in total. The summed E-state index contributed by atoms with van der Waals surface area (Å²) < 4.78 is 38.5. The third-order valence-electron chi connectivity index (χ3n) is 2.47. The SMILES string of the molecule is O=C(Cn1cnc([N+](=O)[O-])n1)Nc1cccc(C(F)(F)F)c1. The van der Waals surface area contributed by atoms with Gasteiger partial charge in [-0.3, -0.25) is 4.79 Å². The summed E-state index contributed by atoms with van der Waals surface area (Å²) in [4.78, 5) is 24.6. The first kappa shape index (κ1) is 15.4. The van der Waals surface area contributed by atoms with Gasteiger partial charge in [0, 0.05) is 10.8 Å². The van der Waals surface area contributed by atoms with Crippen LogP contribution < -0.4 is 5.32 Å². The Kier molecular flexibility index (Phi) is 4.06. The molecular formula is C11H8F3N5O3. The highest BCUT2D eigenvalue weighted by Crippen LogP contribution is 2.30. The number of rotatable bonds is 4. The highest BCUT2D eigenvalue weighted by Gasteiger charge is 2.30. The van der Waals surface area contributed by atoms with Crippen LogP contribution in [0.2, 0.25) is 0 Å². The Bertz CT molecular complexity index is 713. The highest BCUT2D eigenvalue weighted by atomic mass is 19.4. The van der Waals surface area contributed by atoms with E-state index in [4.69, 9.17) is 0 Å².